The SMILES string of the molecule is Nc1ncccc1-c1nc2ccc(-c3ccccc3)nc2n1-c1ccc(CN2CC3CNCC3C2)cc1. The maximum atomic E-state index is 6.30. The third-order valence-electron chi connectivity index (χ3n) is 7.72. The quantitative estimate of drug-likeness (QED) is 0.383. The molecule has 0 bridgehead atoms. The second-order valence-electron chi connectivity index (χ2n) is 10.2. The van der Waals surface area contributed by atoms with Gasteiger partial charge >= 0.3 is 0 Å². The first-order valence-corrected chi connectivity index (χ1v) is 12.9. The van der Waals surface area contributed by atoms with Crippen LogP contribution in [0.1, 0.15) is 5.56 Å². The molecule has 2 atom stereocenters. The van der Waals surface area contributed by atoms with E-state index in [1.807, 2.05) is 42.5 Å². The lowest BCUT2D eigenvalue weighted by Crippen LogP contribution is -2.25. The van der Waals surface area contributed by atoms with Gasteiger partial charge in [0.1, 0.15) is 11.3 Å². The largest absolute Gasteiger partial charge is 0.383 e. The van der Waals surface area contributed by atoms with Crippen molar-refractivity contribution in [1.29, 1.82) is 0 Å². The fraction of sp³-hybridized carbons (Fsp3) is 0.233. The molecule has 2 aromatic carbocycles. The number of aromatic nitrogens is 4. The van der Waals surface area contributed by atoms with Gasteiger partial charge in [-0.25, -0.2) is 15.0 Å². The van der Waals surface area contributed by atoms with Gasteiger partial charge in [0.25, 0.3) is 0 Å². The summed E-state index contributed by atoms with van der Waals surface area (Å²) < 4.78 is 2.10. The number of pyridine rings is 2. The Morgan fingerprint density at radius 1 is 0.838 bits per heavy atom. The summed E-state index contributed by atoms with van der Waals surface area (Å²) in [5.41, 5.74) is 13.0. The third-order valence-corrected chi connectivity index (χ3v) is 7.72. The van der Waals surface area contributed by atoms with E-state index in [-0.39, 0.29) is 0 Å². The monoisotopic (exact) mass is 487 g/mol. The summed E-state index contributed by atoms with van der Waals surface area (Å²) in [6, 6.07) is 26.9. The average molecular weight is 488 g/mol. The second kappa shape index (κ2) is 9.10. The van der Waals surface area contributed by atoms with E-state index in [0.29, 0.717) is 5.82 Å². The van der Waals surface area contributed by atoms with E-state index in [9.17, 15) is 0 Å². The van der Waals surface area contributed by atoms with Crippen LogP contribution in [-0.2, 0) is 6.54 Å². The van der Waals surface area contributed by atoms with Gasteiger partial charge in [0.2, 0.25) is 0 Å². The Morgan fingerprint density at radius 3 is 2.38 bits per heavy atom. The highest BCUT2D eigenvalue weighted by Gasteiger charge is 2.35. The van der Waals surface area contributed by atoms with E-state index in [2.05, 4.69) is 56.2 Å². The van der Waals surface area contributed by atoms with Crippen LogP contribution in [0.3, 0.4) is 0 Å². The van der Waals surface area contributed by atoms with Crippen molar-refractivity contribution in [2.75, 3.05) is 31.9 Å². The second-order valence-corrected chi connectivity index (χ2v) is 10.2. The molecule has 5 heterocycles. The van der Waals surface area contributed by atoms with Crippen LogP contribution < -0.4 is 11.1 Å². The lowest BCUT2D eigenvalue weighted by molar-refractivity contribution is 0.305. The molecule has 37 heavy (non-hydrogen) atoms. The molecule has 2 aliphatic heterocycles. The standard InChI is InChI=1S/C30H29N7/c31-28-25(7-4-14-33-28)29-35-27-13-12-26(21-5-2-1-3-6-21)34-30(27)37(29)24-10-8-20(9-11-24)17-36-18-22-15-32-16-23(22)19-36/h1-14,22-23,32H,15-19H2,(H2,31,33). The lowest BCUT2D eigenvalue weighted by Gasteiger charge is -2.17. The summed E-state index contributed by atoms with van der Waals surface area (Å²) in [7, 11) is 0. The highest BCUT2D eigenvalue weighted by atomic mass is 15.2. The van der Waals surface area contributed by atoms with Gasteiger partial charge in [0.05, 0.1) is 11.3 Å². The van der Waals surface area contributed by atoms with Crippen molar-refractivity contribution in [3.05, 3.63) is 90.6 Å². The number of hydrogen-bond acceptors (Lipinski definition) is 6. The van der Waals surface area contributed by atoms with Gasteiger partial charge in [0.15, 0.2) is 11.5 Å². The van der Waals surface area contributed by atoms with Crippen molar-refractivity contribution in [2.45, 2.75) is 6.54 Å². The van der Waals surface area contributed by atoms with Crippen LogP contribution >= 0.6 is 0 Å². The van der Waals surface area contributed by atoms with E-state index >= 15 is 0 Å². The maximum Gasteiger partial charge on any atom is 0.165 e. The average Bonchev–Trinajstić information content (AvgIpc) is 3.63. The predicted octanol–water partition coefficient (Wildman–Crippen LogP) is 4.38. The summed E-state index contributed by atoms with van der Waals surface area (Å²) in [4.78, 5) is 16.9. The van der Waals surface area contributed by atoms with Gasteiger partial charge in [-0.2, -0.15) is 0 Å². The fourth-order valence-corrected chi connectivity index (χ4v) is 5.85. The predicted molar refractivity (Wildman–Crippen MR) is 147 cm³/mol. The van der Waals surface area contributed by atoms with Crippen molar-refractivity contribution in [3.8, 4) is 28.3 Å². The van der Waals surface area contributed by atoms with Crippen LogP contribution in [0.2, 0.25) is 0 Å². The molecule has 0 aliphatic carbocycles. The Hall–Kier alpha value is -4.07. The number of benzene rings is 2. The molecule has 2 fully saturated rings. The van der Waals surface area contributed by atoms with Crippen molar-refractivity contribution < 1.29 is 0 Å². The van der Waals surface area contributed by atoms with E-state index < -0.39 is 0 Å². The van der Waals surface area contributed by atoms with Gasteiger partial charge in [-0.1, -0.05) is 42.5 Å². The number of nitrogens with two attached hydrogens (primary N) is 1. The van der Waals surface area contributed by atoms with Crippen molar-refractivity contribution in [2.24, 2.45) is 11.8 Å². The number of nitrogens with one attached hydrogen (secondary N) is 1. The minimum atomic E-state index is 0.452. The zero-order chi connectivity index (χ0) is 24.8. The number of rotatable bonds is 5. The molecule has 2 aliphatic rings. The van der Waals surface area contributed by atoms with E-state index in [1.165, 1.54) is 18.7 Å². The molecule has 2 saturated heterocycles. The van der Waals surface area contributed by atoms with Crippen LogP contribution in [0.15, 0.2) is 85.1 Å². The Kier molecular flexibility index (Phi) is 5.45. The Labute approximate surface area is 216 Å². The van der Waals surface area contributed by atoms with Crippen LogP contribution in [0.5, 0.6) is 0 Å². The third kappa shape index (κ3) is 4.06. The summed E-state index contributed by atoms with van der Waals surface area (Å²) in [6.45, 7) is 5.67. The highest BCUT2D eigenvalue weighted by molar-refractivity contribution is 5.84. The molecular weight excluding hydrogens is 458 g/mol. The molecular formula is C30H29N7. The van der Waals surface area contributed by atoms with Crippen molar-refractivity contribution in [1.82, 2.24) is 29.7 Å². The van der Waals surface area contributed by atoms with Gasteiger partial charge in [-0.05, 0) is 66.9 Å². The molecule has 3 N–H and O–H groups in total. The molecule has 2 unspecified atom stereocenters. The molecule has 0 spiro atoms. The molecule has 0 radical (unpaired) electrons. The van der Waals surface area contributed by atoms with Gasteiger partial charge in [0, 0.05) is 37.1 Å². The van der Waals surface area contributed by atoms with Crippen molar-refractivity contribution >= 4 is 17.0 Å². The number of likely N-dealkylation sites (tertiary alicyclic amines) is 1. The van der Waals surface area contributed by atoms with Gasteiger partial charge in [-0.15, -0.1) is 0 Å². The number of imidazole rings is 1. The number of nitrogens with zero attached hydrogens (tertiary/aromatic N) is 5. The molecule has 184 valence electrons. The molecule has 0 saturated carbocycles. The number of nitrogen functional groups attached to an aromatic ring is 1. The molecule has 3 aromatic heterocycles. The van der Waals surface area contributed by atoms with Gasteiger partial charge in [-0.3, -0.25) is 9.47 Å². The molecule has 7 heteroatoms. The first-order chi connectivity index (χ1) is 18.2. The Morgan fingerprint density at radius 2 is 1.62 bits per heavy atom. The Bertz CT molecular complexity index is 1550. The fourth-order valence-electron chi connectivity index (χ4n) is 5.85. The van der Waals surface area contributed by atoms with E-state index in [4.69, 9.17) is 15.7 Å². The van der Waals surface area contributed by atoms with Gasteiger partial charge < -0.3 is 11.1 Å². The lowest BCUT2D eigenvalue weighted by atomic mass is 10.0. The van der Waals surface area contributed by atoms with E-state index in [0.717, 1.165) is 71.0 Å². The highest BCUT2D eigenvalue weighted by Crippen LogP contribution is 2.32. The smallest absolute Gasteiger partial charge is 0.165 e. The normalized spacial score (nSPS) is 19.5. The summed E-state index contributed by atoms with van der Waals surface area (Å²) in [6.07, 6.45) is 1.70. The minimum Gasteiger partial charge on any atom is -0.383 e. The summed E-state index contributed by atoms with van der Waals surface area (Å²) in [5, 5.41) is 3.53. The molecule has 7 nitrogen and oxygen atoms in total. The summed E-state index contributed by atoms with van der Waals surface area (Å²) >= 11 is 0. The van der Waals surface area contributed by atoms with Crippen LogP contribution in [0, 0.1) is 11.8 Å². The number of fused-ring (bicyclic) bond motifs is 2. The maximum absolute atomic E-state index is 6.30. The topological polar surface area (TPSA) is 84.9 Å². The zero-order valence-electron chi connectivity index (χ0n) is 20.6. The van der Waals surface area contributed by atoms with Crippen LogP contribution in [0.4, 0.5) is 5.82 Å². The first-order valence-electron chi connectivity index (χ1n) is 12.9. The molecule has 0 amide bonds. The van der Waals surface area contributed by atoms with Crippen LogP contribution in [0.25, 0.3) is 39.5 Å². The minimum absolute atomic E-state index is 0.452. The number of hydrogen-bond donors (Lipinski definition) is 2. The molecule has 5 aromatic rings. The van der Waals surface area contributed by atoms with Crippen LogP contribution in [-0.4, -0.2) is 50.6 Å². The number of anilines is 1. The molecule has 7 rings (SSSR count). The van der Waals surface area contributed by atoms with E-state index in [1.54, 1.807) is 6.20 Å². The first kappa shape index (κ1) is 22.2. The summed E-state index contributed by atoms with van der Waals surface area (Å²) in [5.74, 6) is 2.79. The Balaban J connectivity index is 1.29. The van der Waals surface area contributed by atoms with Crippen molar-refractivity contribution in [3.63, 3.8) is 0 Å². The zero-order valence-corrected chi connectivity index (χ0v) is 20.6.